The summed E-state index contributed by atoms with van der Waals surface area (Å²) in [5.74, 6) is -0.533. The van der Waals surface area contributed by atoms with Crippen LogP contribution in [0.3, 0.4) is 0 Å². The molecule has 2 saturated heterocycles. The third kappa shape index (κ3) is 4.65. The monoisotopic (exact) mass is 470 g/mol. The van der Waals surface area contributed by atoms with Gasteiger partial charge in [-0.1, -0.05) is 41.4 Å². The molecule has 2 aromatic carbocycles. The van der Waals surface area contributed by atoms with Crippen LogP contribution in [0.4, 0.5) is 8.78 Å². The summed E-state index contributed by atoms with van der Waals surface area (Å²) in [6.45, 7) is -1.03. The highest BCUT2D eigenvalue weighted by Gasteiger charge is 2.42. The van der Waals surface area contributed by atoms with Gasteiger partial charge in [0.2, 0.25) is 0 Å². The van der Waals surface area contributed by atoms with Crippen molar-refractivity contribution < 1.29 is 23.4 Å². The number of carbonyl (C=O) groups excluding carboxylic acids is 1. The first-order valence-electron chi connectivity index (χ1n) is 10.0. The van der Waals surface area contributed by atoms with Gasteiger partial charge >= 0.3 is 6.61 Å². The van der Waals surface area contributed by atoms with Gasteiger partial charge in [-0.15, -0.1) is 0 Å². The second-order valence-corrected chi connectivity index (χ2v) is 8.76. The van der Waals surface area contributed by atoms with Gasteiger partial charge in [-0.25, -0.2) is 0 Å². The maximum Gasteiger partial charge on any atom is 0.387 e. The van der Waals surface area contributed by atoms with E-state index in [9.17, 15) is 18.7 Å². The van der Waals surface area contributed by atoms with E-state index in [-0.39, 0.29) is 28.3 Å². The fourth-order valence-electron chi connectivity index (χ4n) is 4.41. The topological polar surface area (TPSA) is 53.0 Å². The number of piperazine rings is 1. The highest BCUT2D eigenvalue weighted by Crippen LogP contribution is 2.37. The number of fused-ring (bicyclic) bond motifs is 1. The molecule has 0 bridgehead atoms. The van der Waals surface area contributed by atoms with Crippen LogP contribution in [0.1, 0.15) is 28.8 Å². The van der Waals surface area contributed by atoms with Crippen LogP contribution in [0.25, 0.3) is 0 Å². The number of carbonyl (C=O) groups is 1. The number of hydrogen-bond acceptors (Lipinski definition) is 4. The Bertz CT molecular complexity index is 960. The second-order valence-electron chi connectivity index (χ2n) is 7.95. The number of halogens is 4. The maximum absolute atomic E-state index is 13.0. The molecule has 0 radical (unpaired) electrons. The average Bonchev–Trinajstić information content (AvgIpc) is 2.74. The largest absolute Gasteiger partial charge is 0.433 e. The molecule has 0 saturated carbocycles. The number of ether oxygens (including phenoxy) is 1. The van der Waals surface area contributed by atoms with Crippen molar-refractivity contribution in [3.05, 3.63) is 63.6 Å². The lowest BCUT2D eigenvalue weighted by atomic mass is 9.82. The molecule has 2 aromatic rings. The molecule has 2 heterocycles. The van der Waals surface area contributed by atoms with Gasteiger partial charge in [-0.05, 0) is 42.7 Å². The number of alkyl halides is 2. The molecule has 166 valence electrons. The van der Waals surface area contributed by atoms with Crippen molar-refractivity contribution in [1.29, 1.82) is 0 Å². The molecule has 0 spiro atoms. The number of aliphatic hydroxyl groups is 1. The van der Waals surface area contributed by atoms with Gasteiger partial charge in [0.1, 0.15) is 11.4 Å². The van der Waals surface area contributed by atoms with E-state index in [1.165, 1.54) is 18.2 Å². The molecule has 0 aromatic heterocycles. The number of rotatable bonds is 4. The van der Waals surface area contributed by atoms with Crippen LogP contribution in [-0.2, 0) is 5.60 Å². The minimum absolute atomic E-state index is 0.101. The molecule has 31 heavy (non-hydrogen) atoms. The highest BCUT2D eigenvalue weighted by molar-refractivity contribution is 6.35. The van der Waals surface area contributed by atoms with Crippen LogP contribution in [0, 0.1) is 0 Å². The van der Waals surface area contributed by atoms with Crippen molar-refractivity contribution in [2.75, 3.05) is 26.2 Å². The molecule has 2 fully saturated rings. The lowest BCUT2D eigenvalue weighted by Crippen LogP contribution is -2.60. The molecule has 0 aliphatic carbocycles. The number of amides is 1. The molecular weight excluding hydrogens is 449 g/mol. The minimum atomic E-state index is -3.02. The zero-order chi connectivity index (χ0) is 22.2. The summed E-state index contributed by atoms with van der Waals surface area (Å²) in [5, 5.41) is 11.7. The van der Waals surface area contributed by atoms with Crippen molar-refractivity contribution in [3.8, 4) is 5.75 Å². The lowest BCUT2D eigenvalue weighted by molar-refractivity contribution is -0.0740. The van der Waals surface area contributed by atoms with Crippen LogP contribution >= 0.6 is 23.2 Å². The van der Waals surface area contributed by atoms with E-state index in [1.54, 1.807) is 17.0 Å². The van der Waals surface area contributed by atoms with Gasteiger partial charge in [-0.2, -0.15) is 8.78 Å². The summed E-state index contributed by atoms with van der Waals surface area (Å²) in [7, 11) is 0. The van der Waals surface area contributed by atoms with Crippen molar-refractivity contribution in [3.63, 3.8) is 0 Å². The summed E-state index contributed by atoms with van der Waals surface area (Å²) in [4.78, 5) is 16.9. The summed E-state index contributed by atoms with van der Waals surface area (Å²) >= 11 is 12.1. The van der Waals surface area contributed by atoms with E-state index in [0.29, 0.717) is 44.0 Å². The van der Waals surface area contributed by atoms with Crippen molar-refractivity contribution >= 4 is 29.1 Å². The average molecular weight is 471 g/mol. The Labute approximate surface area is 189 Å². The van der Waals surface area contributed by atoms with E-state index >= 15 is 0 Å². The van der Waals surface area contributed by atoms with Gasteiger partial charge in [0.05, 0.1) is 10.6 Å². The third-order valence-corrected chi connectivity index (χ3v) is 6.68. The Morgan fingerprint density at radius 2 is 1.90 bits per heavy atom. The summed E-state index contributed by atoms with van der Waals surface area (Å²) in [6, 6.07) is 11.6. The quantitative estimate of drug-likeness (QED) is 0.719. The Hall–Kier alpha value is -1.93. The standard InChI is InChI=1S/C22H22Cl2F2N2O3/c23-15-6-4-14(5-7-15)22(30)9-8-16-12-27(10-11-28(16)13-22)20(29)17-2-1-3-18(19(17)24)31-21(25)26/h1-7,16,21,30H,8-13H2/t16-,22+/m1/s1. The molecule has 2 aliphatic heterocycles. The molecule has 9 heteroatoms. The molecular formula is C22H22Cl2F2N2O3. The predicted molar refractivity (Wildman–Crippen MR) is 114 cm³/mol. The first-order valence-corrected chi connectivity index (χ1v) is 10.8. The normalized spacial score (nSPS) is 24.2. The van der Waals surface area contributed by atoms with Gasteiger partial charge in [0.15, 0.2) is 0 Å². The van der Waals surface area contributed by atoms with Crippen molar-refractivity contribution in [1.82, 2.24) is 9.80 Å². The zero-order valence-electron chi connectivity index (χ0n) is 16.6. The summed E-state index contributed by atoms with van der Waals surface area (Å²) in [5.41, 5.74) is 0.00979. The fourth-order valence-corrected chi connectivity index (χ4v) is 4.79. The molecule has 5 nitrogen and oxygen atoms in total. The number of benzene rings is 2. The lowest BCUT2D eigenvalue weighted by Gasteiger charge is -2.49. The Balaban J connectivity index is 1.45. The van der Waals surface area contributed by atoms with Crippen LogP contribution < -0.4 is 4.74 Å². The van der Waals surface area contributed by atoms with E-state index < -0.39 is 12.2 Å². The van der Waals surface area contributed by atoms with Gasteiger partial charge in [-0.3, -0.25) is 9.69 Å². The van der Waals surface area contributed by atoms with E-state index in [0.717, 1.165) is 5.56 Å². The SMILES string of the molecule is O=C(c1cccc(OC(F)F)c1Cl)N1CCN2C[C@](O)(c3ccc(Cl)cc3)CC[C@@H]2C1. The second kappa shape index (κ2) is 8.90. The first-order chi connectivity index (χ1) is 14.8. The summed E-state index contributed by atoms with van der Waals surface area (Å²) in [6.07, 6.45) is 1.28. The molecule has 2 atom stereocenters. The third-order valence-electron chi connectivity index (χ3n) is 6.04. The van der Waals surface area contributed by atoms with E-state index in [1.807, 2.05) is 12.1 Å². The fraction of sp³-hybridized carbons (Fsp3) is 0.409. The predicted octanol–water partition coefficient (Wildman–Crippen LogP) is 4.40. The van der Waals surface area contributed by atoms with Crippen LogP contribution in [0.15, 0.2) is 42.5 Å². The van der Waals surface area contributed by atoms with E-state index in [4.69, 9.17) is 23.2 Å². The number of nitrogens with zero attached hydrogens (tertiary/aromatic N) is 2. The number of hydrogen-bond donors (Lipinski definition) is 1. The van der Waals surface area contributed by atoms with Crippen LogP contribution in [0.2, 0.25) is 10.0 Å². The smallest absolute Gasteiger partial charge is 0.387 e. The molecule has 0 unspecified atom stereocenters. The summed E-state index contributed by atoms with van der Waals surface area (Å²) < 4.78 is 29.5. The first kappa shape index (κ1) is 22.3. The Kier molecular flexibility index (Phi) is 6.40. The Morgan fingerprint density at radius 3 is 2.61 bits per heavy atom. The van der Waals surface area contributed by atoms with E-state index in [2.05, 4.69) is 9.64 Å². The number of piperidine rings is 1. The van der Waals surface area contributed by atoms with Crippen molar-refractivity contribution in [2.24, 2.45) is 0 Å². The van der Waals surface area contributed by atoms with Crippen molar-refractivity contribution in [2.45, 2.75) is 31.1 Å². The highest BCUT2D eigenvalue weighted by atomic mass is 35.5. The van der Waals surface area contributed by atoms with Gasteiger partial charge in [0.25, 0.3) is 5.91 Å². The minimum Gasteiger partial charge on any atom is -0.433 e. The Morgan fingerprint density at radius 1 is 1.16 bits per heavy atom. The molecule has 1 N–H and O–H groups in total. The van der Waals surface area contributed by atoms with Crippen LogP contribution in [-0.4, -0.2) is 59.6 Å². The van der Waals surface area contributed by atoms with Crippen LogP contribution in [0.5, 0.6) is 5.75 Å². The zero-order valence-corrected chi connectivity index (χ0v) is 18.1. The maximum atomic E-state index is 13.0. The molecule has 4 rings (SSSR count). The molecule has 2 aliphatic rings. The van der Waals surface area contributed by atoms with Gasteiger partial charge in [0, 0.05) is 37.2 Å². The molecule has 1 amide bonds. The van der Waals surface area contributed by atoms with Gasteiger partial charge < -0.3 is 14.7 Å².